The van der Waals surface area contributed by atoms with Crippen LogP contribution in [0.4, 0.5) is 4.39 Å². The van der Waals surface area contributed by atoms with Crippen LogP contribution >= 0.6 is 12.4 Å². The fourth-order valence-electron chi connectivity index (χ4n) is 1.03. The molecule has 0 saturated heterocycles. The Morgan fingerprint density at radius 2 is 2.12 bits per heavy atom. The van der Waals surface area contributed by atoms with Crippen molar-refractivity contribution < 1.29 is 9.18 Å². The maximum atomic E-state index is 13.1. The summed E-state index contributed by atoms with van der Waals surface area (Å²) < 4.78 is 13.1. The van der Waals surface area contributed by atoms with E-state index in [1.54, 1.807) is 18.2 Å². The van der Waals surface area contributed by atoms with Gasteiger partial charge in [-0.05, 0) is 12.1 Å². The summed E-state index contributed by atoms with van der Waals surface area (Å²) in [6.07, 6.45) is 2.72. The zero-order chi connectivity index (χ0) is 11.1. The fraction of sp³-hybridized carbons (Fsp3) is 0.182. The molecule has 1 amide bonds. The summed E-state index contributed by atoms with van der Waals surface area (Å²) in [5.41, 5.74) is 5.60. The number of halogens is 2. The van der Waals surface area contributed by atoms with Gasteiger partial charge >= 0.3 is 0 Å². The lowest BCUT2D eigenvalue weighted by atomic mass is 10.2. The average molecular weight is 245 g/mol. The largest absolute Gasteiger partial charge is 0.351 e. The summed E-state index contributed by atoms with van der Waals surface area (Å²) >= 11 is 0. The number of hydrogen-bond acceptors (Lipinski definition) is 2. The molecule has 0 heterocycles. The molecule has 0 spiro atoms. The van der Waals surface area contributed by atoms with Gasteiger partial charge in [-0.1, -0.05) is 18.2 Å². The molecule has 0 saturated carbocycles. The highest BCUT2D eigenvalue weighted by molar-refractivity contribution is 5.91. The van der Waals surface area contributed by atoms with Crippen molar-refractivity contribution in [2.45, 2.75) is 0 Å². The van der Waals surface area contributed by atoms with Gasteiger partial charge in [-0.25, -0.2) is 4.39 Å². The summed E-state index contributed by atoms with van der Waals surface area (Å²) in [4.78, 5) is 11.1. The highest BCUT2D eigenvalue weighted by Gasteiger charge is 1.97. The van der Waals surface area contributed by atoms with Crippen molar-refractivity contribution in [1.82, 2.24) is 5.32 Å². The number of carbonyl (C=O) groups is 1. The number of benzene rings is 1. The topological polar surface area (TPSA) is 55.1 Å². The maximum absolute atomic E-state index is 13.1. The van der Waals surface area contributed by atoms with Crippen molar-refractivity contribution in [3.8, 4) is 0 Å². The molecule has 0 aliphatic rings. The van der Waals surface area contributed by atoms with Gasteiger partial charge in [0.2, 0.25) is 5.91 Å². The summed E-state index contributed by atoms with van der Waals surface area (Å²) in [5, 5.41) is 2.55. The minimum atomic E-state index is -0.347. The SMILES string of the molecule is Cl.NCCNC(=O)C=Cc1ccccc1F. The average Bonchev–Trinajstić information content (AvgIpc) is 2.25. The van der Waals surface area contributed by atoms with Crippen molar-refractivity contribution >= 4 is 24.4 Å². The molecule has 0 fully saturated rings. The Kier molecular flexibility index (Phi) is 7.16. The van der Waals surface area contributed by atoms with Crippen LogP contribution in [-0.4, -0.2) is 19.0 Å². The zero-order valence-corrected chi connectivity index (χ0v) is 9.47. The molecular formula is C11H14ClFN2O. The second-order valence-corrected chi connectivity index (χ2v) is 2.93. The molecule has 88 valence electrons. The first-order chi connectivity index (χ1) is 7.24. The van der Waals surface area contributed by atoms with E-state index in [1.165, 1.54) is 18.2 Å². The summed E-state index contributed by atoms with van der Waals surface area (Å²) in [6.45, 7) is 0.805. The first-order valence-corrected chi connectivity index (χ1v) is 4.64. The molecule has 5 heteroatoms. The number of rotatable bonds is 4. The minimum absolute atomic E-state index is 0. The minimum Gasteiger partial charge on any atom is -0.351 e. The van der Waals surface area contributed by atoms with E-state index >= 15 is 0 Å². The number of hydrogen-bond donors (Lipinski definition) is 2. The number of nitrogens with one attached hydrogen (secondary N) is 1. The Hall–Kier alpha value is -1.39. The number of amides is 1. The van der Waals surface area contributed by atoms with Gasteiger partial charge in [-0.2, -0.15) is 0 Å². The third kappa shape index (κ3) is 4.91. The zero-order valence-electron chi connectivity index (χ0n) is 8.65. The molecular weight excluding hydrogens is 231 g/mol. The van der Waals surface area contributed by atoms with Crippen LogP contribution in [0.25, 0.3) is 6.08 Å². The highest BCUT2D eigenvalue weighted by Crippen LogP contribution is 2.07. The van der Waals surface area contributed by atoms with Crippen LogP contribution < -0.4 is 11.1 Å². The second kappa shape index (κ2) is 7.84. The van der Waals surface area contributed by atoms with Crippen molar-refractivity contribution in [2.75, 3.05) is 13.1 Å². The normalized spacial score (nSPS) is 9.88. The van der Waals surface area contributed by atoms with Gasteiger partial charge < -0.3 is 11.1 Å². The van der Waals surface area contributed by atoms with Gasteiger partial charge in [0.1, 0.15) is 5.82 Å². The van der Waals surface area contributed by atoms with E-state index in [1.807, 2.05) is 0 Å². The molecule has 0 radical (unpaired) electrons. The van der Waals surface area contributed by atoms with E-state index in [-0.39, 0.29) is 24.1 Å². The molecule has 1 aromatic carbocycles. The van der Waals surface area contributed by atoms with Crippen molar-refractivity contribution in [2.24, 2.45) is 5.73 Å². The van der Waals surface area contributed by atoms with Gasteiger partial charge in [0.05, 0.1) is 0 Å². The third-order valence-electron chi connectivity index (χ3n) is 1.76. The number of nitrogens with two attached hydrogens (primary N) is 1. The molecule has 0 bridgehead atoms. The lowest BCUT2D eigenvalue weighted by Gasteiger charge is -1.98. The predicted octanol–water partition coefficient (Wildman–Crippen LogP) is 1.34. The molecule has 3 N–H and O–H groups in total. The Morgan fingerprint density at radius 1 is 1.44 bits per heavy atom. The molecule has 16 heavy (non-hydrogen) atoms. The lowest BCUT2D eigenvalue weighted by Crippen LogP contribution is -2.27. The van der Waals surface area contributed by atoms with E-state index in [9.17, 15) is 9.18 Å². The Morgan fingerprint density at radius 3 is 2.75 bits per heavy atom. The molecule has 0 aliphatic carbocycles. The standard InChI is InChI=1S/C11H13FN2O.ClH/c12-10-4-2-1-3-9(10)5-6-11(15)14-8-7-13;/h1-6H,7-8,13H2,(H,14,15);1H. The van der Waals surface area contributed by atoms with Crippen LogP contribution in [0.5, 0.6) is 0 Å². The van der Waals surface area contributed by atoms with E-state index in [2.05, 4.69) is 5.32 Å². The first-order valence-electron chi connectivity index (χ1n) is 4.64. The summed E-state index contributed by atoms with van der Waals surface area (Å²) in [5.74, 6) is -0.621. The first kappa shape index (κ1) is 14.6. The Labute approximate surface area is 99.9 Å². The fourth-order valence-corrected chi connectivity index (χ4v) is 1.03. The van der Waals surface area contributed by atoms with Crippen molar-refractivity contribution in [3.63, 3.8) is 0 Å². The second-order valence-electron chi connectivity index (χ2n) is 2.93. The van der Waals surface area contributed by atoms with Crippen LogP contribution in [-0.2, 0) is 4.79 Å². The van der Waals surface area contributed by atoms with E-state index < -0.39 is 0 Å². The lowest BCUT2D eigenvalue weighted by molar-refractivity contribution is -0.116. The Balaban J connectivity index is 0.00000225. The van der Waals surface area contributed by atoms with Gasteiger partial charge in [0.15, 0.2) is 0 Å². The molecule has 0 atom stereocenters. The predicted molar refractivity (Wildman–Crippen MR) is 64.7 cm³/mol. The molecule has 0 unspecified atom stereocenters. The van der Waals surface area contributed by atoms with Gasteiger partial charge in [-0.15, -0.1) is 12.4 Å². The highest BCUT2D eigenvalue weighted by atomic mass is 35.5. The van der Waals surface area contributed by atoms with E-state index in [0.717, 1.165) is 0 Å². The molecule has 1 rings (SSSR count). The maximum Gasteiger partial charge on any atom is 0.244 e. The van der Waals surface area contributed by atoms with E-state index in [0.29, 0.717) is 18.7 Å². The van der Waals surface area contributed by atoms with Gasteiger partial charge in [-0.3, -0.25) is 4.79 Å². The smallest absolute Gasteiger partial charge is 0.244 e. The monoisotopic (exact) mass is 244 g/mol. The Bertz CT molecular complexity index is 369. The van der Waals surface area contributed by atoms with Crippen molar-refractivity contribution in [1.29, 1.82) is 0 Å². The van der Waals surface area contributed by atoms with E-state index in [4.69, 9.17) is 5.73 Å². The van der Waals surface area contributed by atoms with Crippen LogP contribution in [0.15, 0.2) is 30.3 Å². The third-order valence-corrected chi connectivity index (χ3v) is 1.76. The van der Waals surface area contributed by atoms with Gasteiger partial charge in [0.25, 0.3) is 0 Å². The quantitative estimate of drug-likeness (QED) is 0.786. The van der Waals surface area contributed by atoms with Gasteiger partial charge in [0, 0.05) is 24.7 Å². The van der Waals surface area contributed by atoms with Crippen LogP contribution in [0.3, 0.4) is 0 Å². The van der Waals surface area contributed by atoms with Crippen LogP contribution in [0.2, 0.25) is 0 Å². The molecule has 0 aliphatic heterocycles. The number of carbonyl (C=O) groups excluding carboxylic acids is 1. The van der Waals surface area contributed by atoms with Crippen LogP contribution in [0.1, 0.15) is 5.56 Å². The molecule has 0 aromatic heterocycles. The summed E-state index contributed by atoms with van der Waals surface area (Å²) in [7, 11) is 0. The van der Waals surface area contributed by atoms with Crippen molar-refractivity contribution in [3.05, 3.63) is 41.7 Å². The molecule has 1 aromatic rings. The molecule has 3 nitrogen and oxygen atoms in total. The van der Waals surface area contributed by atoms with Crippen LogP contribution in [0, 0.1) is 5.82 Å². The summed E-state index contributed by atoms with van der Waals surface area (Å²) in [6, 6.07) is 6.25.